The van der Waals surface area contributed by atoms with Crippen molar-refractivity contribution in [1.29, 1.82) is 0 Å². The Bertz CT molecular complexity index is 2850. The van der Waals surface area contributed by atoms with Crippen LogP contribution in [0, 0.1) is 0 Å². The molecular weight excluding hydrogens is 605 g/mol. The molecule has 0 atom stereocenters. The fraction of sp³-hybridized carbons (Fsp3) is 0. The van der Waals surface area contributed by atoms with Gasteiger partial charge >= 0.3 is 0 Å². The summed E-state index contributed by atoms with van der Waals surface area (Å²) in [6, 6.07) is 70.5. The maximum absolute atomic E-state index is 2.44. The molecule has 2 heteroatoms. The Morgan fingerprint density at radius 3 is 1.76 bits per heavy atom. The number of hydrogen-bond acceptors (Lipinski definition) is 1. The highest BCUT2D eigenvalue weighted by Gasteiger charge is 2.21. The summed E-state index contributed by atoms with van der Waals surface area (Å²) in [6.45, 7) is 0. The van der Waals surface area contributed by atoms with E-state index in [0.717, 1.165) is 22.7 Å². The van der Waals surface area contributed by atoms with Gasteiger partial charge in [0.2, 0.25) is 0 Å². The Balaban J connectivity index is 1.24. The van der Waals surface area contributed by atoms with Gasteiger partial charge in [-0.25, -0.2) is 0 Å². The van der Waals surface area contributed by atoms with Crippen molar-refractivity contribution in [3.8, 4) is 16.8 Å². The molecule has 1 aromatic heterocycles. The summed E-state index contributed by atoms with van der Waals surface area (Å²) in [5.74, 6) is 0. The zero-order chi connectivity index (χ0) is 33.0. The van der Waals surface area contributed by atoms with Gasteiger partial charge in [0.1, 0.15) is 0 Å². The zero-order valence-corrected chi connectivity index (χ0v) is 27.4. The Labute approximate surface area is 290 Å². The van der Waals surface area contributed by atoms with E-state index in [0.29, 0.717) is 0 Å². The van der Waals surface area contributed by atoms with E-state index in [1.807, 2.05) is 0 Å². The van der Waals surface area contributed by atoms with Crippen LogP contribution in [-0.4, -0.2) is 4.57 Å². The first-order valence-corrected chi connectivity index (χ1v) is 17.2. The molecule has 0 amide bonds. The summed E-state index contributed by atoms with van der Waals surface area (Å²) in [4.78, 5) is 2.44. The molecular formula is C48H32N2. The third-order valence-electron chi connectivity index (χ3n) is 10.1. The second kappa shape index (κ2) is 11.5. The molecule has 0 aliphatic carbocycles. The first kappa shape index (κ1) is 28.4. The molecule has 0 aliphatic rings. The normalized spacial score (nSPS) is 11.6. The van der Waals surface area contributed by atoms with Gasteiger partial charge in [-0.1, -0.05) is 140 Å². The van der Waals surface area contributed by atoms with Crippen LogP contribution >= 0.6 is 0 Å². The second-order valence-electron chi connectivity index (χ2n) is 13.0. The molecule has 0 unspecified atom stereocenters. The average Bonchev–Trinajstić information content (AvgIpc) is 3.54. The van der Waals surface area contributed by atoms with Gasteiger partial charge in [-0.15, -0.1) is 0 Å². The number of benzene rings is 9. The van der Waals surface area contributed by atoms with Crippen molar-refractivity contribution in [2.75, 3.05) is 4.90 Å². The highest BCUT2D eigenvalue weighted by atomic mass is 15.1. The minimum atomic E-state index is 1.11. The lowest BCUT2D eigenvalue weighted by Crippen LogP contribution is -2.10. The summed E-state index contributed by atoms with van der Waals surface area (Å²) in [7, 11) is 0. The van der Waals surface area contributed by atoms with E-state index in [1.54, 1.807) is 0 Å². The van der Waals surface area contributed by atoms with Crippen LogP contribution in [-0.2, 0) is 0 Å². The lowest BCUT2D eigenvalue weighted by Gasteiger charge is -2.27. The van der Waals surface area contributed by atoms with Crippen molar-refractivity contribution in [2.45, 2.75) is 0 Å². The van der Waals surface area contributed by atoms with Gasteiger partial charge in [-0.2, -0.15) is 0 Å². The number of aromatic nitrogens is 1. The number of fused-ring (bicyclic) bond motifs is 8. The molecule has 0 saturated carbocycles. The quantitative estimate of drug-likeness (QED) is 0.171. The van der Waals surface area contributed by atoms with Crippen LogP contribution in [0.25, 0.3) is 70.9 Å². The van der Waals surface area contributed by atoms with Gasteiger partial charge in [-0.3, -0.25) is 0 Å². The van der Waals surface area contributed by atoms with Crippen molar-refractivity contribution in [2.24, 2.45) is 0 Å². The molecule has 0 aliphatic heterocycles. The van der Waals surface area contributed by atoms with E-state index in [1.165, 1.54) is 65.3 Å². The lowest BCUT2D eigenvalue weighted by atomic mass is 9.96. The molecule has 0 bridgehead atoms. The molecule has 0 N–H and O–H groups in total. The van der Waals surface area contributed by atoms with Gasteiger partial charge in [0, 0.05) is 27.8 Å². The maximum Gasteiger partial charge on any atom is 0.0562 e. The van der Waals surface area contributed by atoms with Gasteiger partial charge in [-0.05, 0) is 98.0 Å². The van der Waals surface area contributed by atoms with Gasteiger partial charge in [0.25, 0.3) is 0 Å². The number of para-hydroxylation sites is 2. The summed E-state index contributed by atoms with van der Waals surface area (Å²) >= 11 is 0. The molecule has 0 radical (unpaired) electrons. The van der Waals surface area contributed by atoms with Crippen LogP contribution in [0.3, 0.4) is 0 Å². The van der Waals surface area contributed by atoms with E-state index in [9.17, 15) is 0 Å². The minimum Gasteiger partial charge on any atom is -0.310 e. The Kier molecular flexibility index (Phi) is 6.53. The fourth-order valence-corrected chi connectivity index (χ4v) is 7.86. The first-order valence-electron chi connectivity index (χ1n) is 17.2. The van der Waals surface area contributed by atoms with E-state index in [4.69, 9.17) is 0 Å². The Hall–Kier alpha value is -6.64. The minimum absolute atomic E-state index is 1.11. The third kappa shape index (κ3) is 4.50. The highest BCUT2D eigenvalue weighted by molar-refractivity contribution is 6.21. The summed E-state index contributed by atoms with van der Waals surface area (Å²) in [6.07, 6.45) is 0. The number of hydrogen-bond donors (Lipinski definition) is 0. The monoisotopic (exact) mass is 636 g/mol. The molecule has 0 saturated heterocycles. The van der Waals surface area contributed by atoms with Crippen LogP contribution in [0.2, 0.25) is 0 Å². The Morgan fingerprint density at radius 2 is 0.940 bits per heavy atom. The average molecular weight is 637 g/mol. The van der Waals surface area contributed by atoms with E-state index in [-0.39, 0.29) is 0 Å². The van der Waals surface area contributed by atoms with E-state index >= 15 is 0 Å². The molecule has 10 rings (SSSR count). The molecule has 50 heavy (non-hydrogen) atoms. The predicted octanol–water partition coefficient (Wildman–Crippen LogP) is 13.4. The number of nitrogens with zero attached hydrogens (tertiary/aromatic N) is 2. The molecule has 234 valence electrons. The van der Waals surface area contributed by atoms with Crippen molar-refractivity contribution >= 4 is 71.2 Å². The molecule has 9 aromatic carbocycles. The topological polar surface area (TPSA) is 8.17 Å². The molecule has 0 fully saturated rings. The Morgan fingerprint density at radius 1 is 0.340 bits per heavy atom. The van der Waals surface area contributed by atoms with E-state index < -0.39 is 0 Å². The van der Waals surface area contributed by atoms with E-state index in [2.05, 4.69) is 204 Å². The zero-order valence-electron chi connectivity index (χ0n) is 27.4. The third-order valence-corrected chi connectivity index (χ3v) is 10.1. The van der Waals surface area contributed by atoms with Crippen LogP contribution in [0.1, 0.15) is 0 Å². The van der Waals surface area contributed by atoms with Gasteiger partial charge in [0.05, 0.1) is 16.7 Å². The number of anilines is 3. The van der Waals surface area contributed by atoms with Crippen molar-refractivity contribution < 1.29 is 0 Å². The predicted molar refractivity (Wildman–Crippen MR) is 213 cm³/mol. The SMILES string of the molecule is c1ccc(-c2ccc(N(c3ccc4c(ccc5ccc6ccccc6c54)c3)c3cccc4c3c3ccccc3n4-c3ccccc3)cc2)cc1. The molecule has 0 spiro atoms. The second-order valence-corrected chi connectivity index (χ2v) is 13.0. The summed E-state index contributed by atoms with van der Waals surface area (Å²) < 4.78 is 2.39. The first-order chi connectivity index (χ1) is 24.8. The van der Waals surface area contributed by atoms with Crippen LogP contribution in [0.15, 0.2) is 194 Å². The van der Waals surface area contributed by atoms with Crippen molar-refractivity contribution in [3.63, 3.8) is 0 Å². The molecule has 1 heterocycles. The van der Waals surface area contributed by atoms with Crippen LogP contribution in [0.4, 0.5) is 17.1 Å². The van der Waals surface area contributed by atoms with Crippen LogP contribution < -0.4 is 4.90 Å². The van der Waals surface area contributed by atoms with Crippen molar-refractivity contribution in [3.05, 3.63) is 194 Å². The highest BCUT2D eigenvalue weighted by Crippen LogP contribution is 2.45. The van der Waals surface area contributed by atoms with Crippen LogP contribution in [0.5, 0.6) is 0 Å². The summed E-state index contributed by atoms with van der Waals surface area (Å²) in [5.41, 5.74) is 9.31. The largest absolute Gasteiger partial charge is 0.310 e. The molecule has 2 nitrogen and oxygen atoms in total. The maximum atomic E-state index is 2.44. The van der Waals surface area contributed by atoms with Crippen molar-refractivity contribution in [1.82, 2.24) is 4.57 Å². The summed E-state index contributed by atoms with van der Waals surface area (Å²) in [5, 5.41) is 10.1. The van der Waals surface area contributed by atoms with Gasteiger partial charge < -0.3 is 9.47 Å². The number of rotatable bonds is 5. The fourth-order valence-electron chi connectivity index (χ4n) is 7.86. The lowest BCUT2D eigenvalue weighted by molar-refractivity contribution is 1.18. The standard InChI is InChI=1S/C48H32N2/c1-3-12-33(13-4-1)34-26-28-39(29-27-34)49(40-30-31-42-37(32-40)25-24-36-23-22-35-14-7-8-17-41(35)47(36)42)45-20-11-21-46-48(45)43-18-9-10-19-44(43)50(46)38-15-5-2-6-16-38/h1-32H. The smallest absolute Gasteiger partial charge is 0.0562 e. The molecule has 10 aromatic rings. The van der Waals surface area contributed by atoms with Gasteiger partial charge in [0.15, 0.2) is 0 Å².